The molecule has 0 fully saturated rings. The third-order valence-electron chi connectivity index (χ3n) is 3.37. The summed E-state index contributed by atoms with van der Waals surface area (Å²) in [6.45, 7) is 2.51. The number of para-hydroxylation sites is 2. The van der Waals surface area contributed by atoms with Gasteiger partial charge in [0.15, 0.2) is 0 Å². The van der Waals surface area contributed by atoms with Crippen molar-refractivity contribution in [1.82, 2.24) is 25.3 Å². The number of nitrogens with zero attached hydrogens (tertiary/aromatic N) is 2. The molecular formula is C15H17N5O. The molecular weight excluding hydrogens is 266 g/mol. The summed E-state index contributed by atoms with van der Waals surface area (Å²) < 4.78 is 0. The van der Waals surface area contributed by atoms with E-state index in [0.29, 0.717) is 18.7 Å². The molecule has 0 aliphatic carbocycles. The van der Waals surface area contributed by atoms with Gasteiger partial charge in [-0.3, -0.25) is 4.79 Å². The first-order valence-corrected chi connectivity index (χ1v) is 7.02. The van der Waals surface area contributed by atoms with Crippen molar-refractivity contribution in [3.05, 3.63) is 47.8 Å². The monoisotopic (exact) mass is 283 g/mol. The van der Waals surface area contributed by atoms with Crippen LogP contribution in [0.4, 0.5) is 0 Å². The summed E-state index contributed by atoms with van der Waals surface area (Å²) in [6, 6.07) is 7.88. The molecule has 2 heterocycles. The van der Waals surface area contributed by atoms with Crippen molar-refractivity contribution in [1.29, 1.82) is 0 Å². The number of carbonyl (C=O) groups excluding carboxylic acids is 1. The Kier molecular flexibility index (Phi) is 3.68. The van der Waals surface area contributed by atoms with Crippen LogP contribution in [0.1, 0.15) is 28.9 Å². The van der Waals surface area contributed by atoms with Crippen molar-refractivity contribution in [3.63, 3.8) is 0 Å². The number of hydrogen-bond donors (Lipinski definition) is 3. The fraction of sp³-hybridized carbons (Fsp3) is 0.267. The summed E-state index contributed by atoms with van der Waals surface area (Å²) in [5.41, 5.74) is 3.29. The minimum atomic E-state index is -0.149. The molecule has 3 aromatic rings. The predicted molar refractivity (Wildman–Crippen MR) is 80.1 cm³/mol. The van der Waals surface area contributed by atoms with E-state index in [1.165, 1.54) is 0 Å². The highest BCUT2D eigenvalue weighted by atomic mass is 16.1. The Bertz CT molecular complexity index is 725. The maximum atomic E-state index is 12.0. The van der Waals surface area contributed by atoms with Gasteiger partial charge in [-0.1, -0.05) is 19.1 Å². The van der Waals surface area contributed by atoms with Crippen LogP contribution >= 0.6 is 0 Å². The Morgan fingerprint density at radius 1 is 1.33 bits per heavy atom. The van der Waals surface area contributed by atoms with Gasteiger partial charge in [-0.05, 0) is 18.6 Å². The number of carbonyl (C=O) groups is 1. The van der Waals surface area contributed by atoms with E-state index < -0.39 is 0 Å². The maximum absolute atomic E-state index is 12.0. The largest absolute Gasteiger partial charge is 0.350 e. The second-order valence-corrected chi connectivity index (χ2v) is 4.79. The number of benzene rings is 1. The molecule has 6 nitrogen and oxygen atoms in total. The van der Waals surface area contributed by atoms with E-state index in [4.69, 9.17) is 0 Å². The van der Waals surface area contributed by atoms with Gasteiger partial charge in [-0.25, -0.2) is 9.97 Å². The standard InChI is InChI=1S/C15H17N5O/c1-2-10-14(18-9-17-10)15(21)16-8-7-13-19-11-5-3-4-6-12(11)20-13/h3-6,9H,2,7-8H2,1H3,(H,16,21)(H,17,18)(H,19,20). The number of hydrogen-bond acceptors (Lipinski definition) is 3. The SMILES string of the molecule is CCc1[nH]cnc1C(=O)NCCc1nc2ccccc2[nH]1. The fourth-order valence-electron chi connectivity index (χ4n) is 2.29. The second-order valence-electron chi connectivity index (χ2n) is 4.79. The Morgan fingerprint density at radius 3 is 3.00 bits per heavy atom. The van der Waals surface area contributed by atoms with Crippen molar-refractivity contribution in [2.24, 2.45) is 0 Å². The molecule has 6 heteroatoms. The molecule has 21 heavy (non-hydrogen) atoms. The number of imidazole rings is 2. The predicted octanol–water partition coefficient (Wildman–Crippen LogP) is 1.82. The Hall–Kier alpha value is -2.63. The van der Waals surface area contributed by atoms with Crippen LogP contribution in [0.15, 0.2) is 30.6 Å². The normalized spacial score (nSPS) is 10.9. The molecule has 1 amide bonds. The van der Waals surface area contributed by atoms with Crippen LogP contribution in [0.25, 0.3) is 11.0 Å². The molecule has 0 radical (unpaired) electrons. The van der Waals surface area contributed by atoms with Crippen LogP contribution in [0.2, 0.25) is 0 Å². The van der Waals surface area contributed by atoms with Crippen LogP contribution in [0.5, 0.6) is 0 Å². The van der Waals surface area contributed by atoms with Gasteiger partial charge in [-0.15, -0.1) is 0 Å². The number of amides is 1. The zero-order chi connectivity index (χ0) is 14.7. The van der Waals surface area contributed by atoms with Crippen LogP contribution in [-0.4, -0.2) is 32.4 Å². The topological polar surface area (TPSA) is 86.5 Å². The quantitative estimate of drug-likeness (QED) is 0.667. The fourth-order valence-corrected chi connectivity index (χ4v) is 2.29. The van der Waals surface area contributed by atoms with E-state index in [2.05, 4.69) is 25.3 Å². The van der Waals surface area contributed by atoms with E-state index in [0.717, 1.165) is 29.0 Å². The zero-order valence-corrected chi connectivity index (χ0v) is 11.8. The number of nitrogens with one attached hydrogen (secondary N) is 3. The molecule has 1 aromatic carbocycles. The summed E-state index contributed by atoms with van der Waals surface area (Å²) in [5, 5.41) is 2.87. The Labute approximate surface area is 122 Å². The van der Waals surface area contributed by atoms with Crippen molar-refractivity contribution in [2.45, 2.75) is 19.8 Å². The molecule has 108 valence electrons. The van der Waals surface area contributed by atoms with Crippen molar-refractivity contribution < 1.29 is 4.79 Å². The third-order valence-corrected chi connectivity index (χ3v) is 3.37. The van der Waals surface area contributed by atoms with Crippen LogP contribution < -0.4 is 5.32 Å². The first kappa shape index (κ1) is 13.4. The summed E-state index contributed by atoms with van der Waals surface area (Å²) in [5.74, 6) is 0.721. The van der Waals surface area contributed by atoms with Gasteiger partial charge in [0.25, 0.3) is 5.91 Å². The molecule has 0 bridgehead atoms. The van der Waals surface area contributed by atoms with E-state index in [9.17, 15) is 4.79 Å². The van der Waals surface area contributed by atoms with Gasteiger partial charge in [0, 0.05) is 18.7 Å². The molecule has 0 spiro atoms. The second kappa shape index (κ2) is 5.78. The highest BCUT2D eigenvalue weighted by molar-refractivity contribution is 5.93. The minimum Gasteiger partial charge on any atom is -0.350 e. The highest BCUT2D eigenvalue weighted by Gasteiger charge is 2.12. The summed E-state index contributed by atoms with van der Waals surface area (Å²) in [6.07, 6.45) is 2.96. The molecule has 2 aromatic heterocycles. The Balaban J connectivity index is 1.59. The molecule has 0 saturated carbocycles. The van der Waals surface area contributed by atoms with E-state index in [-0.39, 0.29) is 5.91 Å². The molecule has 0 aliphatic heterocycles. The molecule has 3 N–H and O–H groups in total. The molecule has 0 atom stereocenters. The lowest BCUT2D eigenvalue weighted by atomic mass is 10.2. The number of aromatic nitrogens is 4. The molecule has 0 saturated heterocycles. The van der Waals surface area contributed by atoms with Gasteiger partial charge >= 0.3 is 0 Å². The maximum Gasteiger partial charge on any atom is 0.271 e. The van der Waals surface area contributed by atoms with Crippen LogP contribution in [-0.2, 0) is 12.8 Å². The number of H-pyrrole nitrogens is 2. The molecule has 0 unspecified atom stereocenters. The van der Waals surface area contributed by atoms with Crippen LogP contribution in [0, 0.1) is 0 Å². The number of aryl methyl sites for hydroxylation is 1. The van der Waals surface area contributed by atoms with Gasteiger partial charge in [0.05, 0.1) is 17.4 Å². The van der Waals surface area contributed by atoms with Crippen molar-refractivity contribution >= 4 is 16.9 Å². The lowest BCUT2D eigenvalue weighted by Crippen LogP contribution is -2.27. The number of fused-ring (bicyclic) bond motifs is 1. The highest BCUT2D eigenvalue weighted by Crippen LogP contribution is 2.10. The molecule has 3 rings (SSSR count). The number of rotatable bonds is 5. The Morgan fingerprint density at radius 2 is 2.19 bits per heavy atom. The van der Waals surface area contributed by atoms with E-state index >= 15 is 0 Å². The van der Waals surface area contributed by atoms with Crippen molar-refractivity contribution in [3.8, 4) is 0 Å². The summed E-state index contributed by atoms with van der Waals surface area (Å²) in [4.78, 5) is 26.8. The van der Waals surface area contributed by atoms with E-state index in [1.807, 2.05) is 31.2 Å². The lowest BCUT2D eigenvalue weighted by Gasteiger charge is -2.03. The van der Waals surface area contributed by atoms with E-state index in [1.54, 1.807) is 6.33 Å². The summed E-state index contributed by atoms with van der Waals surface area (Å²) >= 11 is 0. The average molecular weight is 283 g/mol. The summed E-state index contributed by atoms with van der Waals surface area (Å²) in [7, 11) is 0. The lowest BCUT2D eigenvalue weighted by molar-refractivity contribution is 0.0948. The van der Waals surface area contributed by atoms with Gasteiger partial charge in [-0.2, -0.15) is 0 Å². The van der Waals surface area contributed by atoms with Gasteiger partial charge < -0.3 is 15.3 Å². The average Bonchev–Trinajstić information content (AvgIpc) is 3.12. The smallest absolute Gasteiger partial charge is 0.271 e. The first-order valence-electron chi connectivity index (χ1n) is 7.02. The van der Waals surface area contributed by atoms with Crippen LogP contribution in [0.3, 0.4) is 0 Å². The number of aromatic amines is 2. The van der Waals surface area contributed by atoms with Gasteiger partial charge in [0.2, 0.25) is 0 Å². The first-order chi connectivity index (χ1) is 10.3. The van der Waals surface area contributed by atoms with Gasteiger partial charge in [0.1, 0.15) is 11.5 Å². The third kappa shape index (κ3) is 2.79. The molecule has 0 aliphatic rings. The zero-order valence-electron chi connectivity index (χ0n) is 11.8. The minimum absolute atomic E-state index is 0.149. The van der Waals surface area contributed by atoms with Crippen molar-refractivity contribution in [2.75, 3.05) is 6.54 Å².